The molecular weight excluding hydrogens is 250 g/mol. The van der Waals surface area contributed by atoms with Gasteiger partial charge in [0.2, 0.25) is 0 Å². The summed E-state index contributed by atoms with van der Waals surface area (Å²) in [6.45, 7) is 0. The number of halogens is 4. The van der Waals surface area contributed by atoms with Crippen LogP contribution in [0.4, 0.5) is 17.6 Å². The first-order chi connectivity index (χ1) is 8.50. The van der Waals surface area contributed by atoms with Crippen LogP contribution in [-0.2, 0) is 0 Å². The molecule has 18 heavy (non-hydrogen) atoms. The molecule has 1 heterocycles. The summed E-state index contributed by atoms with van der Waals surface area (Å²) in [6.07, 6.45) is 0.104. The lowest BCUT2D eigenvalue weighted by molar-refractivity contribution is 0.203. The lowest BCUT2D eigenvalue weighted by atomic mass is 10.0. The molecular formula is C12H7F4NO. The van der Waals surface area contributed by atoms with E-state index >= 15 is 0 Å². The molecule has 0 spiro atoms. The number of rotatable bonds is 2. The standard InChI is InChI=1S/C12H7F4NO/c13-6-3-8(14)11(9(15)4-6)12(18)7-1-2-17-5-10(7)16/h1-5,12,18H. The number of nitrogens with zero attached hydrogens (tertiary/aromatic N) is 1. The van der Waals surface area contributed by atoms with Crippen molar-refractivity contribution in [3.8, 4) is 0 Å². The fraction of sp³-hybridized carbons (Fsp3) is 0.0833. The largest absolute Gasteiger partial charge is 0.383 e. The summed E-state index contributed by atoms with van der Waals surface area (Å²) in [5.41, 5.74) is -1.14. The Morgan fingerprint density at radius 3 is 2.17 bits per heavy atom. The van der Waals surface area contributed by atoms with E-state index < -0.39 is 34.9 Å². The molecule has 0 fully saturated rings. The van der Waals surface area contributed by atoms with Gasteiger partial charge in [-0.3, -0.25) is 4.98 Å². The quantitative estimate of drug-likeness (QED) is 0.839. The van der Waals surface area contributed by atoms with Crippen LogP contribution in [0, 0.1) is 23.3 Å². The maximum absolute atomic E-state index is 13.4. The first-order valence-electron chi connectivity index (χ1n) is 4.92. The van der Waals surface area contributed by atoms with Crippen LogP contribution < -0.4 is 0 Å². The van der Waals surface area contributed by atoms with E-state index in [4.69, 9.17) is 0 Å². The molecule has 1 N–H and O–H groups in total. The van der Waals surface area contributed by atoms with Crippen molar-refractivity contribution in [1.82, 2.24) is 4.98 Å². The second-order valence-corrected chi connectivity index (χ2v) is 3.58. The molecule has 94 valence electrons. The van der Waals surface area contributed by atoms with Gasteiger partial charge in [-0.1, -0.05) is 0 Å². The Labute approximate surface area is 99.5 Å². The Morgan fingerprint density at radius 1 is 1.00 bits per heavy atom. The van der Waals surface area contributed by atoms with Crippen molar-refractivity contribution in [1.29, 1.82) is 0 Å². The van der Waals surface area contributed by atoms with Crippen LogP contribution in [0.25, 0.3) is 0 Å². The summed E-state index contributed by atoms with van der Waals surface area (Å²) in [5, 5.41) is 9.76. The van der Waals surface area contributed by atoms with Gasteiger partial charge in [-0.25, -0.2) is 17.6 Å². The van der Waals surface area contributed by atoms with Crippen LogP contribution >= 0.6 is 0 Å². The third kappa shape index (κ3) is 2.19. The summed E-state index contributed by atoms with van der Waals surface area (Å²) in [5.74, 6) is -4.59. The molecule has 1 unspecified atom stereocenters. The van der Waals surface area contributed by atoms with E-state index in [-0.39, 0.29) is 5.56 Å². The second-order valence-electron chi connectivity index (χ2n) is 3.58. The molecule has 0 bridgehead atoms. The van der Waals surface area contributed by atoms with E-state index in [1.54, 1.807) is 0 Å². The van der Waals surface area contributed by atoms with Gasteiger partial charge in [0.05, 0.1) is 11.8 Å². The summed E-state index contributed by atoms with van der Waals surface area (Å²) in [6, 6.07) is 1.92. The molecule has 1 aromatic carbocycles. The first kappa shape index (κ1) is 12.5. The van der Waals surface area contributed by atoms with Gasteiger partial charge >= 0.3 is 0 Å². The molecule has 2 rings (SSSR count). The number of aliphatic hydroxyl groups excluding tert-OH is 1. The second kappa shape index (κ2) is 4.73. The molecule has 6 heteroatoms. The first-order valence-corrected chi connectivity index (χ1v) is 4.92. The van der Waals surface area contributed by atoms with E-state index in [2.05, 4.69) is 4.98 Å². The zero-order valence-corrected chi connectivity index (χ0v) is 8.87. The van der Waals surface area contributed by atoms with Crippen molar-refractivity contribution < 1.29 is 22.7 Å². The minimum Gasteiger partial charge on any atom is -0.383 e. The average molecular weight is 257 g/mol. The Morgan fingerprint density at radius 2 is 1.61 bits per heavy atom. The minimum atomic E-state index is -1.87. The van der Waals surface area contributed by atoms with Gasteiger partial charge in [-0.2, -0.15) is 0 Å². The summed E-state index contributed by atoms with van der Waals surface area (Å²) in [4.78, 5) is 3.45. The number of hydrogen-bond donors (Lipinski definition) is 1. The predicted octanol–water partition coefficient (Wildman–Crippen LogP) is 2.72. The number of hydrogen-bond acceptors (Lipinski definition) is 2. The molecule has 0 amide bonds. The topological polar surface area (TPSA) is 33.1 Å². The van der Waals surface area contributed by atoms with Crippen LogP contribution in [0.15, 0.2) is 30.6 Å². The van der Waals surface area contributed by atoms with Gasteiger partial charge in [-0.05, 0) is 6.07 Å². The number of benzene rings is 1. The highest BCUT2D eigenvalue weighted by atomic mass is 19.1. The van der Waals surface area contributed by atoms with E-state index in [9.17, 15) is 22.7 Å². The Balaban J connectivity index is 2.53. The molecule has 0 aliphatic carbocycles. The van der Waals surface area contributed by atoms with Gasteiger partial charge in [0.1, 0.15) is 29.4 Å². The Bertz CT molecular complexity index is 565. The molecule has 0 saturated carbocycles. The Hall–Kier alpha value is -1.95. The van der Waals surface area contributed by atoms with Crippen molar-refractivity contribution in [2.24, 2.45) is 0 Å². The molecule has 2 nitrogen and oxygen atoms in total. The van der Waals surface area contributed by atoms with Crippen molar-refractivity contribution in [2.75, 3.05) is 0 Å². The molecule has 0 aliphatic rings. The highest BCUT2D eigenvalue weighted by Gasteiger charge is 2.23. The molecule has 0 radical (unpaired) electrons. The van der Waals surface area contributed by atoms with Gasteiger partial charge in [-0.15, -0.1) is 0 Å². The van der Waals surface area contributed by atoms with Gasteiger partial charge < -0.3 is 5.11 Å². The summed E-state index contributed by atoms with van der Waals surface area (Å²) < 4.78 is 52.8. The average Bonchev–Trinajstić information content (AvgIpc) is 2.27. The minimum absolute atomic E-state index is 0.339. The summed E-state index contributed by atoms with van der Waals surface area (Å²) in [7, 11) is 0. The normalized spacial score (nSPS) is 12.5. The van der Waals surface area contributed by atoms with E-state index in [1.165, 1.54) is 6.20 Å². The van der Waals surface area contributed by atoms with Gasteiger partial charge in [0.25, 0.3) is 0 Å². The molecule has 1 aromatic heterocycles. The number of aromatic nitrogens is 1. The van der Waals surface area contributed by atoms with Crippen LogP contribution in [0.1, 0.15) is 17.2 Å². The Kier molecular flexibility index (Phi) is 3.29. The zero-order chi connectivity index (χ0) is 13.3. The fourth-order valence-electron chi connectivity index (χ4n) is 1.58. The smallest absolute Gasteiger partial charge is 0.147 e. The van der Waals surface area contributed by atoms with E-state index in [0.717, 1.165) is 12.3 Å². The van der Waals surface area contributed by atoms with Crippen LogP contribution in [-0.4, -0.2) is 10.1 Å². The van der Waals surface area contributed by atoms with Crippen LogP contribution in [0.3, 0.4) is 0 Å². The highest BCUT2D eigenvalue weighted by Crippen LogP contribution is 2.28. The molecule has 2 aromatic rings. The van der Waals surface area contributed by atoms with Crippen molar-refractivity contribution in [3.05, 3.63) is 65.0 Å². The SMILES string of the molecule is OC(c1ccncc1F)c1c(F)cc(F)cc1F. The maximum Gasteiger partial charge on any atom is 0.147 e. The fourth-order valence-corrected chi connectivity index (χ4v) is 1.58. The number of aliphatic hydroxyl groups is 1. The van der Waals surface area contributed by atoms with E-state index in [0.29, 0.717) is 12.1 Å². The van der Waals surface area contributed by atoms with E-state index in [1.807, 2.05) is 0 Å². The molecule has 0 saturated heterocycles. The zero-order valence-electron chi connectivity index (χ0n) is 8.87. The maximum atomic E-state index is 13.4. The van der Waals surface area contributed by atoms with Crippen LogP contribution in [0.2, 0.25) is 0 Å². The monoisotopic (exact) mass is 257 g/mol. The van der Waals surface area contributed by atoms with Crippen molar-refractivity contribution >= 4 is 0 Å². The van der Waals surface area contributed by atoms with Gasteiger partial charge in [0, 0.05) is 23.9 Å². The van der Waals surface area contributed by atoms with Gasteiger partial charge in [0.15, 0.2) is 0 Å². The third-order valence-electron chi connectivity index (χ3n) is 2.42. The number of pyridine rings is 1. The lowest BCUT2D eigenvalue weighted by Gasteiger charge is -2.13. The lowest BCUT2D eigenvalue weighted by Crippen LogP contribution is -2.08. The van der Waals surface area contributed by atoms with Crippen molar-refractivity contribution in [3.63, 3.8) is 0 Å². The summed E-state index contributed by atoms with van der Waals surface area (Å²) >= 11 is 0. The molecule has 1 atom stereocenters. The van der Waals surface area contributed by atoms with Crippen LogP contribution in [0.5, 0.6) is 0 Å². The third-order valence-corrected chi connectivity index (χ3v) is 2.42. The predicted molar refractivity (Wildman–Crippen MR) is 54.6 cm³/mol. The highest BCUT2D eigenvalue weighted by molar-refractivity contribution is 5.31. The van der Waals surface area contributed by atoms with Crippen molar-refractivity contribution in [2.45, 2.75) is 6.10 Å². The molecule has 0 aliphatic heterocycles.